The summed E-state index contributed by atoms with van der Waals surface area (Å²) in [6.07, 6.45) is -0.815. The third-order valence-electron chi connectivity index (χ3n) is 4.98. The molecule has 1 aromatic heterocycles. The van der Waals surface area contributed by atoms with Crippen molar-refractivity contribution < 1.29 is 14.4 Å². The first kappa shape index (κ1) is 16.2. The molecule has 2 fully saturated rings. The Bertz CT molecular complexity index is 975. The minimum absolute atomic E-state index is 0.215. The molecule has 5 rings (SSSR count). The Morgan fingerprint density at radius 1 is 0.778 bits per heavy atom. The van der Waals surface area contributed by atoms with Gasteiger partial charge in [0.05, 0.1) is 11.4 Å². The first-order valence-corrected chi connectivity index (χ1v) is 9.61. The van der Waals surface area contributed by atoms with Crippen molar-refractivity contribution in [1.29, 1.82) is 0 Å². The van der Waals surface area contributed by atoms with E-state index in [1.165, 1.54) is 4.90 Å². The van der Waals surface area contributed by atoms with Crippen molar-refractivity contribution in [3.63, 3.8) is 0 Å². The number of rotatable bonds is 3. The van der Waals surface area contributed by atoms with Gasteiger partial charge in [0, 0.05) is 4.88 Å². The van der Waals surface area contributed by atoms with Crippen LogP contribution < -0.4 is 9.96 Å². The van der Waals surface area contributed by atoms with Gasteiger partial charge in [-0.3, -0.25) is 14.4 Å². The zero-order chi connectivity index (χ0) is 18.4. The summed E-state index contributed by atoms with van der Waals surface area (Å²) < 4.78 is 0. The Hall–Kier alpha value is -2.96. The topological polar surface area (TPSA) is 49.9 Å². The molecule has 27 heavy (non-hydrogen) atoms. The first-order valence-electron chi connectivity index (χ1n) is 8.73. The highest BCUT2D eigenvalue weighted by atomic mass is 32.1. The van der Waals surface area contributed by atoms with Crippen LogP contribution in [0.1, 0.15) is 10.9 Å². The number of para-hydroxylation sites is 2. The van der Waals surface area contributed by atoms with E-state index in [9.17, 15) is 9.59 Å². The lowest BCUT2D eigenvalue weighted by Gasteiger charge is -2.27. The van der Waals surface area contributed by atoms with Gasteiger partial charge in [-0.1, -0.05) is 42.5 Å². The number of nitrogens with zero attached hydrogens (tertiary/aromatic N) is 2. The Morgan fingerprint density at radius 2 is 1.44 bits per heavy atom. The maximum atomic E-state index is 13.3. The quantitative estimate of drug-likeness (QED) is 0.653. The van der Waals surface area contributed by atoms with E-state index in [4.69, 9.17) is 4.84 Å². The van der Waals surface area contributed by atoms with Crippen molar-refractivity contribution in [1.82, 2.24) is 0 Å². The molecule has 2 aromatic carbocycles. The van der Waals surface area contributed by atoms with E-state index in [1.807, 2.05) is 66.0 Å². The van der Waals surface area contributed by atoms with Gasteiger partial charge in [0.25, 0.3) is 5.91 Å². The third-order valence-corrected chi connectivity index (χ3v) is 5.92. The lowest BCUT2D eigenvalue weighted by Crippen LogP contribution is -2.37. The standard InChI is InChI=1S/C21H16N2O3S/c24-20-17-18(16-12-7-13-27-16)23(15-10-5-2-6-11-15)26-19(17)21(25)22(20)14-8-3-1-4-9-14/h1-13,17-19H/t17-,18+,19-/m0/s1. The average Bonchev–Trinajstić information content (AvgIpc) is 3.41. The average molecular weight is 376 g/mol. The summed E-state index contributed by atoms with van der Waals surface area (Å²) in [5.41, 5.74) is 1.42. The smallest absolute Gasteiger partial charge is 0.266 e. The van der Waals surface area contributed by atoms with Gasteiger partial charge in [-0.05, 0) is 35.7 Å². The van der Waals surface area contributed by atoms with Gasteiger partial charge < -0.3 is 0 Å². The van der Waals surface area contributed by atoms with Gasteiger partial charge in [-0.15, -0.1) is 11.3 Å². The summed E-state index contributed by atoms with van der Waals surface area (Å²) in [5.74, 6) is -1.10. The van der Waals surface area contributed by atoms with Gasteiger partial charge in [0.1, 0.15) is 12.0 Å². The van der Waals surface area contributed by atoms with Crippen molar-refractivity contribution in [3.05, 3.63) is 83.1 Å². The molecule has 2 aliphatic heterocycles. The predicted octanol–water partition coefficient (Wildman–Crippen LogP) is 3.80. The second kappa shape index (κ2) is 6.33. The molecular formula is C21H16N2O3S. The van der Waals surface area contributed by atoms with E-state index in [2.05, 4.69) is 0 Å². The van der Waals surface area contributed by atoms with Crippen LogP contribution in [0.4, 0.5) is 11.4 Å². The Labute approximate surface area is 160 Å². The van der Waals surface area contributed by atoms with Crippen molar-refractivity contribution in [3.8, 4) is 0 Å². The van der Waals surface area contributed by atoms with Crippen LogP contribution in [-0.4, -0.2) is 17.9 Å². The number of carbonyl (C=O) groups is 2. The van der Waals surface area contributed by atoms with E-state index in [0.29, 0.717) is 5.69 Å². The van der Waals surface area contributed by atoms with Gasteiger partial charge in [0.15, 0.2) is 6.10 Å². The van der Waals surface area contributed by atoms with Crippen molar-refractivity contribution in [2.75, 3.05) is 9.96 Å². The van der Waals surface area contributed by atoms with Crippen LogP contribution in [0.3, 0.4) is 0 Å². The van der Waals surface area contributed by atoms with Crippen LogP contribution in [0.5, 0.6) is 0 Å². The summed E-state index contributed by atoms with van der Waals surface area (Å²) in [6, 6.07) is 22.2. The highest BCUT2D eigenvalue weighted by Crippen LogP contribution is 2.48. The molecular weight excluding hydrogens is 360 g/mol. The number of hydroxylamine groups is 1. The molecule has 3 heterocycles. The third kappa shape index (κ3) is 2.49. The maximum Gasteiger partial charge on any atom is 0.266 e. The zero-order valence-electron chi connectivity index (χ0n) is 14.3. The van der Waals surface area contributed by atoms with Gasteiger partial charge in [-0.25, -0.2) is 9.96 Å². The number of anilines is 2. The van der Waals surface area contributed by atoms with E-state index in [0.717, 1.165) is 10.6 Å². The molecule has 2 amide bonds. The summed E-state index contributed by atoms with van der Waals surface area (Å²) in [5, 5.41) is 3.70. The number of imide groups is 1. The summed E-state index contributed by atoms with van der Waals surface area (Å²) in [4.78, 5) is 34.7. The molecule has 6 heteroatoms. The van der Waals surface area contributed by atoms with Gasteiger partial charge in [0.2, 0.25) is 5.91 Å². The normalized spacial score (nSPS) is 24.5. The Kier molecular flexibility index (Phi) is 3.81. The number of hydrogen-bond donors (Lipinski definition) is 0. The monoisotopic (exact) mass is 376 g/mol. The second-order valence-corrected chi connectivity index (χ2v) is 7.50. The molecule has 0 unspecified atom stereocenters. The van der Waals surface area contributed by atoms with Gasteiger partial charge >= 0.3 is 0 Å². The van der Waals surface area contributed by atoms with E-state index in [1.54, 1.807) is 28.5 Å². The minimum Gasteiger partial charge on any atom is -0.273 e. The van der Waals surface area contributed by atoms with Crippen molar-refractivity contribution >= 4 is 34.5 Å². The van der Waals surface area contributed by atoms with Crippen molar-refractivity contribution in [2.45, 2.75) is 12.1 Å². The summed E-state index contributed by atoms with van der Waals surface area (Å²) in [7, 11) is 0. The molecule has 134 valence electrons. The first-order chi connectivity index (χ1) is 13.3. The highest BCUT2D eigenvalue weighted by Gasteiger charge is 2.60. The molecule has 5 nitrogen and oxygen atoms in total. The lowest BCUT2D eigenvalue weighted by atomic mass is 9.95. The SMILES string of the molecule is O=C1[C@@H]2[C@H](ON(c3ccccc3)[C@@H]2c2cccs2)C(=O)N1c1ccccc1. The molecule has 3 aromatic rings. The number of benzene rings is 2. The largest absolute Gasteiger partial charge is 0.273 e. The summed E-state index contributed by atoms with van der Waals surface area (Å²) >= 11 is 1.56. The molecule has 0 aliphatic carbocycles. The second-order valence-electron chi connectivity index (χ2n) is 6.52. The molecule has 0 saturated carbocycles. The molecule has 2 saturated heterocycles. The number of fused-ring (bicyclic) bond motifs is 1. The number of amides is 2. The fourth-order valence-electron chi connectivity index (χ4n) is 3.79. The molecule has 2 aliphatic rings. The summed E-state index contributed by atoms with van der Waals surface area (Å²) in [6.45, 7) is 0. The van der Waals surface area contributed by atoms with Crippen LogP contribution in [0.15, 0.2) is 78.2 Å². The van der Waals surface area contributed by atoms with E-state index < -0.39 is 12.0 Å². The minimum atomic E-state index is -0.815. The number of carbonyl (C=O) groups excluding carboxylic acids is 2. The Morgan fingerprint density at radius 3 is 2.07 bits per heavy atom. The number of thiophene rings is 1. The Balaban J connectivity index is 1.58. The van der Waals surface area contributed by atoms with Crippen LogP contribution in [0.2, 0.25) is 0 Å². The van der Waals surface area contributed by atoms with E-state index in [-0.39, 0.29) is 17.9 Å². The molecule has 0 spiro atoms. The highest BCUT2D eigenvalue weighted by molar-refractivity contribution is 7.10. The molecule has 0 bridgehead atoms. The predicted molar refractivity (Wildman–Crippen MR) is 103 cm³/mol. The molecule has 3 atom stereocenters. The van der Waals surface area contributed by atoms with Gasteiger partial charge in [-0.2, -0.15) is 0 Å². The van der Waals surface area contributed by atoms with Crippen LogP contribution in [0.25, 0.3) is 0 Å². The van der Waals surface area contributed by atoms with Crippen LogP contribution >= 0.6 is 11.3 Å². The van der Waals surface area contributed by atoms with Crippen LogP contribution in [-0.2, 0) is 14.4 Å². The fraction of sp³-hybridized carbons (Fsp3) is 0.143. The molecule has 0 N–H and O–H groups in total. The van der Waals surface area contributed by atoms with E-state index >= 15 is 0 Å². The van der Waals surface area contributed by atoms with Crippen molar-refractivity contribution in [2.24, 2.45) is 5.92 Å². The molecule has 0 radical (unpaired) electrons. The fourth-order valence-corrected chi connectivity index (χ4v) is 4.65. The van der Waals surface area contributed by atoms with Crippen LogP contribution in [0, 0.1) is 5.92 Å². The lowest BCUT2D eigenvalue weighted by molar-refractivity contribution is -0.126. The number of hydrogen-bond acceptors (Lipinski definition) is 5. The maximum absolute atomic E-state index is 13.3. The zero-order valence-corrected chi connectivity index (χ0v) is 15.1.